The monoisotopic (exact) mass is 412 g/mol. The normalized spacial score (nSPS) is 39.6. The molecule has 160 valence electrons. The highest BCUT2D eigenvalue weighted by molar-refractivity contribution is 5.82. The number of alkyl carbamates (subject to hydrolysis) is 1. The Morgan fingerprint density at radius 1 is 1.34 bits per heavy atom. The smallest absolute Gasteiger partial charge is 0.416 e. The number of carbonyl (C=O) groups excluding carboxylic acids is 2. The third-order valence-electron chi connectivity index (χ3n) is 7.29. The molecule has 2 heterocycles. The Labute approximate surface area is 168 Å². The number of ether oxygens (including phenoxy) is 1. The van der Waals surface area contributed by atoms with Crippen LogP contribution in [-0.2, 0) is 9.53 Å². The van der Waals surface area contributed by atoms with E-state index >= 15 is 0 Å². The minimum Gasteiger partial charge on any atom is -0.447 e. The molecule has 2 amide bonds. The van der Waals surface area contributed by atoms with Crippen molar-refractivity contribution in [2.24, 2.45) is 17.3 Å². The SMILES string of the molecule is C[C@H]1C[C@@H](C2(C)C=CC(C(F)(F)F)=CC2)CCN1C(=O)C1CC2(COC(=O)N2)C1. The Balaban J connectivity index is 1.33. The molecule has 1 unspecified atom stereocenters. The van der Waals surface area contributed by atoms with Gasteiger partial charge < -0.3 is 15.0 Å². The van der Waals surface area contributed by atoms with E-state index in [4.69, 9.17) is 4.74 Å². The number of amides is 2. The first-order chi connectivity index (χ1) is 13.5. The number of nitrogens with zero attached hydrogens (tertiary/aromatic N) is 1. The number of alkyl halides is 3. The molecule has 1 saturated carbocycles. The number of rotatable bonds is 2. The van der Waals surface area contributed by atoms with Crippen molar-refractivity contribution in [3.05, 3.63) is 23.8 Å². The topological polar surface area (TPSA) is 58.6 Å². The average molecular weight is 412 g/mol. The molecule has 3 fully saturated rings. The molecule has 0 radical (unpaired) electrons. The Hall–Kier alpha value is -1.99. The largest absolute Gasteiger partial charge is 0.447 e. The molecule has 1 N–H and O–H groups in total. The highest BCUT2D eigenvalue weighted by Crippen LogP contribution is 2.47. The van der Waals surface area contributed by atoms with Crippen LogP contribution in [0.4, 0.5) is 18.0 Å². The van der Waals surface area contributed by atoms with E-state index < -0.39 is 17.8 Å². The first kappa shape index (κ1) is 20.3. The lowest BCUT2D eigenvalue weighted by Crippen LogP contribution is -2.60. The molecule has 2 saturated heterocycles. The van der Waals surface area contributed by atoms with Crippen molar-refractivity contribution in [2.45, 2.75) is 63.7 Å². The molecular weight excluding hydrogens is 385 g/mol. The number of nitrogens with one attached hydrogen (secondary N) is 1. The third kappa shape index (κ3) is 3.66. The Kier molecular flexibility index (Phi) is 4.74. The van der Waals surface area contributed by atoms with Gasteiger partial charge in [0.05, 0.1) is 11.1 Å². The zero-order chi connectivity index (χ0) is 21.0. The van der Waals surface area contributed by atoms with Crippen molar-refractivity contribution in [2.75, 3.05) is 13.2 Å². The van der Waals surface area contributed by atoms with Crippen molar-refractivity contribution in [3.63, 3.8) is 0 Å². The van der Waals surface area contributed by atoms with E-state index in [9.17, 15) is 22.8 Å². The summed E-state index contributed by atoms with van der Waals surface area (Å²) in [6.07, 6.45) is 2.64. The molecule has 5 nitrogen and oxygen atoms in total. The van der Waals surface area contributed by atoms with Gasteiger partial charge in [0, 0.05) is 18.5 Å². The second-order valence-corrected chi connectivity index (χ2v) is 9.39. The lowest BCUT2D eigenvalue weighted by Gasteiger charge is -2.49. The summed E-state index contributed by atoms with van der Waals surface area (Å²) in [5, 5.41) is 2.81. The molecule has 2 aliphatic carbocycles. The summed E-state index contributed by atoms with van der Waals surface area (Å²) >= 11 is 0. The van der Waals surface area contributed by atoms with Gasteiger partial charge in [-0.05, 0) is 50.4 Å². The minimum absolute atomic E-state index is 0.0467. The first-order valence-electron chi connectivity index (χ1n) is 10.2. The lowest BCUT2D eigenvalue weighted by molar-refractivity contribution is -0.146. The fourth-order valence-electron chi connectivity index (χ4n) is 5.36. The molecule has 29 heavy (non-hydrogen) atoms. The van der Waals surface area contributed by atoms with E-state index in [0.717, 1.165) is 12.8 Å². The summed E-state index contributed by atoms with van der Waals surface area (Å²) in [4.78, 5) is 26.1. The molecule has 4 rings (SSSR count). The maximum absolute atomic E-state index is 13.0. The zero-order valence-corrected chi connectivity index (χ0v) is 16.7. The maximum atomic E-state index is 13.0. The Morgan fingerprint density at radius 3 is 2.59 bits per heavy atom. The summed E-state index contributed by atoms with van der Waals surface area (Å²) in [5.41, 5.74) is -1.26. The van der Waals surface area contributed by atoms with Crippen LogP contribution >= 0.6 is 0 Å². The number of allylic oxidation sites excluding steroid dienone is 4. The van der Waals surface area contributed by atoms with E-state index in [2.05, 4.69) is 5.32 Å². The predicted octanol–water partition coefficient (Wildman–Crippen LogP) is 3.96. The van der Waals surface area contributed by atoms with Crippen LogP contribution in [0.5, 0.6) is 0 Å². The molecule has 0 aromatic carbocycles. The lowest BCUT2D eigenvalue weighted by atomic mass is 9.66. The number of likely N-dealkylation sites (tertiary alicyclic amines) is 1. The van der Waals surface area contributed by atoms with Gasteiger partial charge in [-0.3, -0.25) is 4.79 Å². The summed E-state index contributed by atoms with van der Waals surface area (Å²) in [5.74, 6) is 0.254. The number of cyclic esters (lactones) is 1. The minimum atomic E-state index is -4.30. The second kappa shape index (κ2) is 6.77. The summed E-state index contributed by atoms with van der Waals surface area (Å²) in [6.45, 7) is 4.98. The summed E-state index contributed by atoms with van der Waals surface area (Å²) in [6, 6.07) is 0.0467. The van der Waals surface area contributed by atoms with Crippen LogP contribution in [0.2, 0.25) is 0 Å². The number of halogens is 3. The molecule has 3 atom stereocenters. The van der Waals surface area contributed by atoms with Gasteiger partial charge in [-0.15, -0.1) is 0 Å². The van der Waals surface area contributed by atoms with Gasteiger partial charge in [-0.25, -0.2) is 4.79 Å². The van der Waals surface area contributed by atoms with E-state index in [0.29, 0.717) is 32.4 Å². The molecule has 0 aromatic heterocycles. The van der Waals surface area contributed by atoms with Crippen LogP contribution in [-0.4, -0.2) is 47.8 Å². The quantitative estimate of drug-likeness (QED) is 0.747. The van der Waals surface area contributed by atoms with E-state index in [-0.39, 0.29) is 34.7 Å². The van der Waals surface area contributed by atoms with Crippen molar-refractivity contribution in [1.29, 1.82) is 0 Å². The van der Waals surface area contributed by atoms with Gasteiger partial charge in [0.25, 0.3) is 0 Å². The average Bonchev–Trinajstić information content (AvgIpc) is 3.01. The second-order valence-electron chi connectivity index (χ2n) is 9.39. The number of hydrogen-bond acceptors (Lipinski definition) is 3. The van der Waals surface area contributed by atoms with Crippen molar-refractivity contribution in [3.8, 4) is 0 Å². The van der Waals surface area contributed by atoms with E-state index in [1.165, 1.54) is 12.2 Å². The van der Waals surface area contributed by atoms with Gasteiger partial charge in [0.1, 0.15) is 6.61 Å². The number of carbonyl (C=O) groups is 2. The zero-order valence-electron chi connectivity index (χ0n) is 16.7. The molecule has 1 spiro atoms. The molecule has 0 aromatic rings. The summed E-state index contributed by atoms with van der Waals surface area (Å²) < 4.78 is 43.6. The highest BCUT2D eigenvalue weighted by atomic mass is 19.4. The molecule has 0 bridgehead atoms. The first-order valence-corrected chi connectivity index (χ1v) is 10.2. The highest BCUT2D eigenvalue weighted by Gasteiger charge is 2.54. The standard InChI is InChI=1S/C21H27F3N2O3/c1-13-9-16(19(2)6-3-15(4-7-19)21(22,23)24)5-8-26(13)17(27)14-10-20(11-14)12-29-18(28)25-20/h3-4,6,13-14,16H,5,7-12H2,1-2H3,(H,25,28)/t13-,14?,16-,19?,20?/m0/s1. The third-order valence-corrected chi connectivity index (χ3v) is 7.29. The van der Waals surface area contributed by atoms with Gasteiger partial charge in [0.2, 0.25) is 5.91 Å². The van der Waals surface area contributed by atoms with Crippen LogP contribution in [0.15, 0.2) is 23.8 Å². The van der Waals surface area contributed by atoms with E-state index in [1.807, 2.05) is 18.7 Å². The van der Waals surface area contributed by atoms with Gasteiger partial charge in [-0.2, -0.15) is 13.2 Å². The van der Waals surface area contributed by atoms with Gasteiger partial charge >= 0.3 is 12.3 Å². The number of piperidine rings is 1. The molecule has 8 heteroatoms. The summed E-state index contributed by atoms with van der Waals surface area (Å²) in [7, 11) is 0. The van der Waals surface area contributed by atoms with Crippen LogP contribution < -0.4 is 5.32 Å². The van der Waals surface area contributed by atoms with Crippen molar-refractivity contribution in [1.82, 2.24) is 10.2 Å². The van der Waals surface area contributed by atoms with E-state index in [1.54, 1.807) is 6.08 Å². The van der Waals surface area contributed by atoms with Crippen molar-refractivity contribution >= 4 is 12.0 Å². The van der Waals surface area contributed by atoms with Crippen LogP contribution in [0, 0.1) is 17.3 Å². The molecule has 2 aliphatic heterocycles. The Bertz CT molecular complexity index is 770. The fourth-order valence-corrected chi connectivity index (χ4v) is 5.36. The predicted molar refractivity (Wildman–Crippen MR) is 99.8 cm³/mol. The Morgan fingerprint density at radius 2 is 2.07 bits per heavy atom. The number of hydrogen-bond donors (Lipinski definition) is 1. The molecular formula is C21H27F3N2O3. The van der Waals surface area contributed by atoms with Gasteiger partial charge in [-0.1, -0.05) is 25.2 Å². The van der Waals surface area contributed by atoms with Crippen molar-refractivity contribution < 1.29 is 27.5 Å². The van der Waals surface area contributed by atoms with Crippen LogP contribution in [0.3, 0.4) is 0 Å². The van der Waals surface area contributed by atoms with Gasteiger partial charge in [0.15, 0.2) is 0 Å². The maximum Gasteiger partial charge on any atom is 0.416 e. The van der Waals surface area contributed by atoms with Crippen LogP contribution in [0.1, 0.15) is 46.0 Å². The van der Waals surface area contributed by atoms with Crippen LogP contribution in [0.25, 0.3) is 0 Å². The molecule has 4 aliphatic rings. The fraction of sp³-hybridized carbons (Fsp3) is 0.714.